The van der Waals surface area contributed by atoms with Crippen LogP contribution in [0.1, 0.15) is 0 Å². The number of rotatable bonds is 3. The van der Waals surface area contributed by atoms with Crippen LogP contribution in [0.4, 0.5) is 17.1 Å². The molecule has 0 aliphatic carbocycles. The molecule has 0 bridgehead atoms. The molecule has 4 heteroatoms. The molecule has 0 N–H and O–H groups in total. The summed E-state index contributed by atoms with van der Waals surface area (Å²) in [5.41, 5.74) is 7.79. The highest BCUT2D eigenvalue weighted by atomic mass is 32.2. The van der Waals surface area contributed by atoms with Crippen LogP contribution in [0, 0.1) is 0 Å². The number of aromatic nitrogens is 2. The molecule has 1 aromatic heterocycles. The summed E-state index contributed by atoms with van der Waals surface area (Å²) in [6.07, 6.45) is 0. The van der Waals surface area contributed by atoms with Crippen LogP contribution in [0.3, 0.4) is 0 Å². The lowest BCUT2D eigenvalue weighted by molar-refractivity contribution is 1.10. The molecule has 0 saturated carbocycles. The lowest BCUT2D eigenvalue weighted by Crippen LogP contribution is -2.14. The van der Waals surface area contributed by atoms with Gasteiger partial charge in [-0.3, -0.25) is 4.57 Å². The number of hydrogen-bond donors (Lipinski definition) is 0. The van der Waals surface area contributed by atoms with Gasteiger partial charge in [0.1, 0.15) is 5.82 Å². The summed E-state index contributed by atoms with van der Waals surface area (Å²) in [6, 6.07) is 44.7. The fourth-order valence-corrected chi connectivity index (χ4v) is 5.88. The van der Waals surface area contributed by atoms with Gasteiger partial charge in [-0.25, -0.2) is 4.98 Å². The maximum absolute atomic E-state index is 5.07. The Morgan fingerprint density at radius 2 is 1.17 bits per heavy atom. The fourth-order valence-electron chi connectivity index (χ4n) is 4.82. The minimum absolute atomic E-state index is 0.937. The molecule has 166 valence electrons. The number of anilines is 3. The summed E-state index contributed by atoms with van der Waals surface area (Å²) in [6.45, 7) is 0. The van der Waals surface area contributed by atoms with Crippen molar-refractivity contribution in [3.8, 4) is 17.1 Å². The highest BCUT2D eigenvalue weighted by Crippen LogP contribution is 2.51. The number of fused-ring (bicyclic) bond motifs is 3. The number of nitrogens with zero attached hydrogens (tertiary/aromatic N) is 3. The molecule has 7 rings (SSSR count). The molecule has 0 amide bonds. The van der Waals surface area contributed by atoms with Crippen molar-refractivity contribution in [3.63, 3.8) is 0 Å². The third-order valence-corrected chi connectivity index (χ3v) is 7.50. The summed E-state index contributed by atoms with van der Waals surface area (Å²) in [5, 5.41) is 0. The quantitative estimate of drug-likeness (QED) is 0.259. The van der Waals surface area contributed by atoms with Crippen molar-refractivity contribution in [2.45, 2.75) is 9.79 Å². The van der Waals surface area contributed by atoms with Crippen molar-refractivity contribution in [2.75, 3.05) is 4.90 Å². The first-order valence-corrected chi connectivity index (χ1v) is 12.5. The van der Waals surface area contributed by atoms with Crippen molar-refractivity contribution in [3.05, 3.63) is 127 Å². The predicted molar refractivity (Wildman–Crippen MR) is 145 cm³/mol. The minimum atomic E-state index is 0.937. The van der Waals surface area contributed by atoms with Gasteiger partial charge in [-0.05, 0) is 60.7 Å². The van der Waals surface area contributed by atoms with Gasteiger partial charge in [0.25, 0.3) is 0 Å². The van der Waals surface area contributed by atoms with E-state index in [1.54, 1.807) is 0 Å². The van der Waals surface area contributed by atoms with E-state index in [1.807, 2.05) is 23.9 Å². The number of hydrogen-bond acceptors (Lipinski definition) is 3. The molecule has 1 aliphatic rings. The second-order valence-electron chi connectivity index (χ2n) is 8.52. The number of para-hydroxylation sites is 5. The zero-order valence-corrected chi connectivity index (χ0v) is 19.7. The van der Waals surface area contributed by atoms with Gasteiger partial charge in [0.15, 0.2) is 0 Å². The molecule has 0 saturated heterocycles. The van der Waals surface area contributed by atoms with E-state index in [0.717, 1.165) is 33.8 Å². The third kappa shape index (κ3) is 3.34. The topological polar surface area (TPSA) is 21.1 Å². The van der Waals surface area contributed by atoms with Gasteiger partial charge in [0.2, 0.25) is 0 Å². The Labute approximate surface area is 208 Å². The highest BCUT2D eigenvalue weighted by Gasteiger charge is 2.25. The third-order valence-electron chi connectivity index (χ3n) is 6.37. The first-order valence-electron chi connectivity index (χ1n) is 11.7. The van der Waals surface area contributed by atoms with Crippen molar-refractivity contribution >= 4 is 39.9 Å². The molecule has 2 heterocycles. The molecule has 5 aromatic carbocycles. The lowest BCUT2D eigenvalue weighted by atomic mass is 10.1. The van der Waals surface area contributed by atoms with Crippen LogP contribution < -0.4 is 4.90 Å². The molecule has 3 nitrogen and oxygen atoms in total. The van der Waals surface area contributed by atoms with Crippen LogP contribution in [0.25, 0.3) is 28.1 Å². The summed E-state index contributed by atoms with van der Waals surface area (Å²) < 4.78 is 2.25. The number of imidazole rings is 1. The van der Waals surface area contributed by atoms with E-state index in [2.05, 4.69) is 125 Å². The normalized spacial score (nSPS) is 12.4. The molecule has 0 fully saturated rings. The van der Waals surface area contributed by atoms with Crippen LogP contribution in [0.15, 0.2) is 137 Å². The Balaban J connectivity index is 1.44. The molecular formula is C31H21N3S. The van der Waals surface area contributed by atoms with Gasteiger partial charge in [-0.15, -0.1) is 0 Å². The van der Waals surface area contributed by atoms with Crippen LogP contribution in [-0.2, 0) is 0 Å². The second kappa shape index (κ2) is 8.19. The fraction of sp³-hybridized carbons (Fsp3) is 0. The summed E-state index contributed by atoms with van der Waals surface area (Å²) in [7, 11) is 0. The van der Waals surface area contributed by atoms with Crippen LogP contribution >= 0.6 is 11.8 Å². The number of benzene rings is 5. The SMILES string of the molecule is c1ccc(-n2c(-c3cccc(N4c5ccccc5Sc5ccccc54)c3)nc3ccccc32)cc1. The lowest BCUT2D eigenvalue weighted by Gasteiger charge is -2.33. The largest absolute Gasteiger partial charge is 0.308 e. The van der Waals surface area contributed by atoms with Crippen molar-refractivity contribution in [1.29, 1.82) is 0 Å². The van der Waals surface area contributed by atoms with E-state index in [1.165, 1.54) is 21.2 Å². The molecule has 0 spiro atoms. The standard InChI is InChI=1S/C31H21N3S/c1-2-12-23(13-3-1)34-26-16-5-4-15-25(26)32-31(34)22-11-10-14-24(21-22)33-27-17-6-8-19-29(27)35-30-20-9-7-18-28(30)33/h1-21H. The average Bonchev–Trinajstić information content (AvgIpc) is 3.32. The van der Waals surface area contributed by atoms with E-state index in [-0.39, 0.29) is 0 Å². The van der Waals surface area contributed by atoms with Crippen LogP contribution in [-0.4, -0.2) is 9.55 Å². The zero-order valence-electron chi connectivity index (χ0n) is 18.9. The molecule has 35 heavy (non-hydrogen) atoms. The maximum Gasteiger partial charge on any atom is 0.145 e. The molecular weight excluding hydrogens is 446 g/mol. The van der Waals surface area contributed by atoms with E-state index in [9.17, 15) is 0 Å². The summed E-state index contributed by atoms with van der Waals surface area (Å²) >= 11 is 1.83. The maximum atomic E-state index is 5.07. The van der Waals surface area contributed by atoms with Crippen LogP contribution in [0.5, 0.6) is 0 Å². The first kappa shape index (κ1) is 20.1. The van der Waals surface area contributed by atoms with Crippen LogP contribution in [0.2, 0.25) is 0 Å². The minimum Gasteiger partial charge on any atom is -0.308 e. The van der Waals surface area contributed by atoms with Gasteiger partial charge in [-0.1, -0.05) is 78.5 Å². The Morgan fingerprint density at radius 1 is 0.543 bits per heavy atom. The second-order valence-corrected chi connectivity index (χ2v) is 9.60. The monoisotopic (exact) mass is 467 g/mol. The van der Waals surface area contributed by atoms with E-state index in [4.69, 9.17) is 4.98 Å². The Morgan fingerprint density at radius 3 is 1.94 bits per heavy atom. The molecule has 6 aromatic rings. The van der Waals surface area contributed by atoms with E-state index >= 15 is 0 Å². The zero-order chi connectivity index (χ0) is 23.2. The van der Waals surface area contributed by atoms with Gasteiger partial charge >= 0.3 is 0 Å². The van der Waals surface area contributed by atoms with Crippen molar-refractivity contribution in [2.24, 2.45) is 0 Å². The van der Waals surface area contributed by atoms with E-state index < -0.39 is 0 Å². The molecule has 1 aliphatic heterocycles. The van der Waals surface area contributed by atoms with Gasteiger partial charge in [0, 0.05) is 26.7 Å². The van der Waals surface area contributed by atoms with Gasteiger partial charge < -0.3 is 4.90 Å². The van der Waals surface area contributed by atoms with E-state index in [0.29, 0.717) is 0 Å². The Bertz CT molecular complexity index is 1640. The summed E-state index contributed by atoms with van der Waals surface area (Å²) in [5.74, 6) is 0.937. The Hall–Kier alpha value is -4.28. The van der Waals surface area contributed by atoms with Crippen molar-refractivity contribution in [1.82, 2.24) is 9.55 Å². The molecule has 0 atom stereocenters. The smallest absolute Gasteiger partial charge is 0.145 e. The predicted octanol–water partition coefficient (Wildman–Crippen LogP) is 8.63. The Kier molecular flexibility index (Phi) is 4.71. The average molecular weight is 468 g/mol. The molecule has 0 radical (unpaired) electrons. The van der Waals surface area contributed by atoms with Crippen molar-refractivity contribution < 1.29 is 0 Å². The van der Waals surface area contributed by atoms with Gasteiger partial charge in [0.05, 0.1) is 22.4 Å². The first-order chi connectivity index (χ1) is 17.4. The van der Waals surface area contributed by atoms with Gasteiger partial charge in [-0.2, -0.15) is 0 Å². The molecule has 0 unspecified atom stereocenters. The highest BCUT2D eigenvalue weighted by molar-refractivity contribution is 7.99. The summed E-state index contributed by atoms with van der Waals surface area (Å²) in [4.78, 5) is 9.95.